The Morgan fingerprint density at radius 2 is 2.14 bits per heavy atom. The molecule has 1 fully saturated rings. The van der Waals surface area contributed by atoms with Crippen LogP contribution in [-0.2, 0) is 0 Å². The lowest BCUT2D eigenvalue weighted by Crippen LogP contribution is -2.35. The van der Waals surface area contributed by atoms with Crippen molar-refractivity contribution in [3.8, 4) is 11.8 Å². The summed E-state index contributed by atoms with van der Waals surface area (Å²) in [6.07, 6.45) is 6.15. The normalized spacial score (nSPS) is 18.2. The van der Waals surface area contributed by atoms with Crippen LogP contribution in [0.25, 0.3) is 0 Å². The highest BCUT2D eigenvalue weighted by Crippen LogP contribution is 2.19. The Bertz CT molecular complexity index is 666. The molecule has 1 aliphatic heterocycles. The van der Waals surface area contributed by atoms with Gasteiger partial charge in [0.05, 0.1) is 10.9 Å². The van der Waals surface area contributed by atoms with Gasteiger partial charge in [0.25, 0.3) is 5.69 Å². The number of thiazole rings is 1. The third-order valence-electron chi connectivity index (χ3n) is 3.58. The van der Waals surface area contributed by atoms with E-state index in [0.717, 1.165) is 41.2 Å². The van der Waals surface area contributed by atoms with E-state index in [4.69, 9.17) is 0 Å². The predicted molar refractivity (Wildman–Crippen MR) is 84.2 cm³/mol. The van der Waals surface area contributed by atoms with Crippen molar-refractivity contribution in [2.45, 2.75) is 26.7 Å². The molecule has 1 atom stereocenters. The van der Waals surface area contributed by atoms with E-state index >= 15 is 0 Å². The zero-order valence-electron chi connectivity index (χ0n) is 12.4. The molecule has 21 heavy (non-hydrogen) atoms. The molecule has 0 spiro atoms. The van der Waals surface area contributed by atoms with Crippen molar-refractivity contribution in [1.82, 2.24) is 9.97 Å². The molecule has 108 valence electrons. The Labute approximate surface area is 129 Å². The van der Waals surface area contributed by atoms with E-state index in [1.54, 1.807) is 11.3 Å². The largest absolute Gasteiger partial charge is 0.341 e. The van der Waals surface area contributed by atoms with Crippen LogP contribution in [0, 0.1) is 24.7 Å². The molecule has 1 aliphatic rings. The van der Waals surface area contributed by atoms with E-state index in [0.29, 0.717) is 0 Å². The molecule has 0 aliphatic carbocycles. The van der Waals surface area contributed by atoms with E-state index in [2.05, 4.69) is 38.6 Å². The maximum Gasteiger partial charge on any atom is 0.266 e. The Balaban J connectivity index is 1.71. The third kappa shape index (κ3) is 3.59. The number of piperidine rings is 1. The minimum Gasteiger partial charge on any atom is -0.341 e. The molecule has 3 rings (SSSR count). The molecule has 2 aromatic rings. The van der Waals surface area contributed by atoms with Gasteiger partial charge < -0.3 is 4.90 Å². The molecule has 0 aromatic carbocycles. The fourth-order valence-corrected chi connectivity index (χ4v) is 3.10. The second kappa shape index (κ2) is 6.23. The van der Waals surface area contributed by atoms with Crippen LogP contribution in [0.2, 0.25) is 0 Å². The summed E-state index contributed by atoms with van der Waals surface area (Å²) < 4.78 is 0. The van der Waals surface area contributed by atoms with E-state index in [1.807, 2.05) is 24.7 Å². The number of anilines is 1. The number of nitrogens with one attached hydrogen (secondary N) is 1. The zero-order chi connectivity index (χ0) is 14.7. The molecule has 2 aromatic heterocycles. The lowest BCUT2D eigenvalue weighted by molar-refractivity contribution is -0.383. The number of aromatic amines is 1. The second-order valence-electron chi connectivity index (χ2n) is 5.55. The topological polar surface area (TPSA) is 43.2 Å². The maximum absolute atomic E-state index is 4.46. The SMILES string of the molecule is Cc1[nH+]c(C#Cc2cnc(N3CCCC(C)C3)nc2)cs1. The van der Waals surface area contributed by atoms with E-state index in [1.165, 1.54) is 12.8 Å². The molecule has 0 bridgehead atoms. The van der Waals surface area contributed by atoms with E-state index < -0.39 is 0 Å². The number of aryl methyl sites for hydroxylation is 1. The van der Waals surface area contributed by atoms with Crippen LogP contribution in [-0.4, -0.2) is 23.1 Å². The second-order valence-corrected chi connectivity index (χ2v) is 6.63. The summed E-state index contributed by atoms with van der Waals surface area (Å²) >= 11 is 1.66. The molecule has 1 unspecified atom stereocenters. The highest BCUT2D eigenvalue weighted by molar-refractivity contribution is 7.09. The predicted octanol–water partition coefficient (Wildman–Crippen LogP) is 2.30. The quantitative estimate of drug-likeness (QED) is 0.759. The first kappa shape index (κ1) is 14.0. The Morgan fingerprint density at radius 3 is 2.81 bits per heavy atom. The van der Waals surface area contributed by atoms with Gasteiger partial charge in [-0.3, -0.25) is 0 Å². The number of rotatable bonds is 1. The smallest absolute Gasteiger partial charge is 0.266 e. The maximum atomic E-state index is 4.46. The summed E-state index contributed by atoms with van der Waals surface area (Å²) in [5, 5.41) is 3.18. The van der Waals surface area contributed by atoms with E-state index in [9.17, 15) is 0 Å². The van der Waals surface area contributed by atoms with Gasteiger partial charge in [-0.15, -0.1) is 0 Å². The standard InChI is InChI=1S/C16H18N4S/c1-12-4-3-7-20(10-12)16-17-8-14(9-18-16)5-6-15-11-21-13(2)19-15/h8-9,11-12H,3-4,7,10H2,1-2H3/p+1. The van der Waals surface area contributed by atoms with Gasteiger partial charge in [-0.05, 0) is 18.8 Å². The van der Waals surface area contributed by atoms with Crippen molar-refractivity contribution in [2.75, 3.05) is 18.0 Å². The summed E-state index contributed by atoms with van der Waals surface area (Å²) in [7, 11) is 0. The average Bonchev–Trinajstić information content (AvgIpc) is 2.91. The third-order valence-corrected chi connectivity index (χ3v) is 4.39. The average molecular weight is 299 g/mol. The number of H-pyrrole nitrogens is 1. The summed E-state index contributed by atoms with van der Waals surface area (Å²) in [6, 6.07) is 0. The van der Waals surface area contributed by atoms with Gasteiger partial charge in [0.2, 0.25) is 11.0 Å². The number of hydrogen-bond acceptors (Lipinski definition) is 4. The summed E-state index contributed by atoms with van der Waals surface area (Å²) in [4.78, 5) is 14.4. The van der Waals surface area contributed by atoms with Gasteiger partial charge in [-0.1, -0.05) is 24.2 Å². The molecule has 4 nitrogen and oxygen atoms in total. The van der Waals surface area contributed by atoms with Crippen LogP contribution in [0.15, 0.2) is 17.8 Å². The molecule has 0 radical (unpaired) electrons. The summed E-state index contributed by atoms with van der Waals surface area (Å²) in [5.41, 5.74) is 1.78. The molecule has 5 heteroatoms. The lowest BCUT2D eigenvalue weighted by atomic mass is 10.0. The molecule has 1 saturated heterocycles. The minimum absolute atomic E-state index is 0.721. The van der Waals surface area contributed by atoms with Gasteiger partial charge in [-0.25, -0.2) is 9.97 Å². The zero-order valence-corrected chi connectivity index (χ0v) is 13.2. The monoisotopic (exact) mass is 299 g/mol. The summed E-state index contributed by atoms with van der Waals surface area (Å²) in [6.45, 7) is 6.42. The number of nitrogens with zero attached hydrogens (tertiary/aromatic N) is 3. The molecule has 0 saturated carbocycles. The van der Waals surface area contributed by atoms with Gasteiger partial charge in [0.1, 0.15) is 0 Å². The first-order valence-corrected chi connectivity index (χ1v) is 8.15. The molecule has 0 amide bonds. The fraction of sp³-hybridized carbons (Fsp3) is 0.438. The van der Waals surface area contributed by atoms with Crippen molar-refractivity contribution >= 4 is 17.3 Å². The minimum atomic E-state index is 0.721. The molecular formula is C16H19N4S+. The summed E-state index contributed by atoms with van der Waals surface area (Å²) in [5.74, 6) is 7.74. The highest BCUT2D eigenvalue weighted by Gasteiger charge is 2.18. The van der Waals surface area contributed by atoms with E-state index in [-0.39, 0.29) is 0 Å². The van der Waals surface area contributed by atoms with Crippen molar-refractivity contribution < 1.29 is 4.98 Å². The number of aromatic nitrogens is 3. The van der Waals surface area contributed by atoms with Crippen LogP contribution in [0.1, 0.15) is 36.0 Å². The first-order chi connectivity index (χ1) is 10.2. The van der Waals surface area contributed by atoms with Crippen molar-refractivity contribution in [3.05, 3.63) is 34.0 Å². The fourth-order valence-electron chi connectivity index (χ4n) is 2.52. The highest BCUT2D eigenvalue weighted by atomic mass is 32.1. The van der Waals surface area contributed by atoms with Gasteiger partial charge >= 0.3 is 0 Å². The Kier molecular flexibility index (Phi) is 4.16. The van der Waals surface area contributed by atoms with Crippen molar-refractivity contribution in [1.29, 1.82) is 0 Å². The lowest BCUT2D eigenvalue weighted by Gasteiger charge is -2.30. The number of hydrogen-bond donors (Lipinski definition) is 0. The molecular weight excluding hydrogens is 280 g/mol. The van der Waals surface area contributed by atoms with Gasteiger partial charge in [-0.2, -0.15) is 4.98 Å². The van der Waals surface area contributed by atoms with Crippen molar-refractivity contribution in [2.24, 2.45) is 5.92 Å². The van der Waals surface area contributed by atoms with Gasteiger partial charge in [0.15, 0.2) is 0 Å². The van der Waals surface area contributed by atoms with Crippen LogP contribution < -0.4 is 9.88 Å². The van der Waals surface area contributed by atoms with Crippen LogP contribution in [0.5, 0.6) is 0 Å². The Morgan fingerprint density at radius 1 is 1.33 bits per heavy atom. The van der Waals surface area contributed by atoms with Gasteiger partial charge in [0, 0.05) is 38.3 Å². The molecule has 3 heterocycles. The Hall–Kier alpha value is -1.93. The van der Waals surface area contributed by atoms with Crippen LogP contribution in [0.3, 0.4) is 0 Å². The first-order valence-electron chi connectivity index (χ1n) is 7.27. The van der Waals surface area contributed by atoms with Crippen LogP contribution >= 0.6 is 11.3 Å². The van der Waals surface area contributed by atoms with Crippen molar-refractivity contribution in [3.63, 3.8) is 0 Å². The van der Waals surface area contributed by atoms with Crippen LogP contribution in [0.4, 0.5) is 5.95 Å². The molecule has 1 N–H and O–H groups in total.